The van der Waals surface area contributed by atoms with Gasteiger partial charge in [-0.1, -0.05) is 19.8 Å². The summed E-state index contributed by atoms with van der Waals surface area (Å²) in [5.74, 6) is -0.804. The van der Waals surface area contributed by atoms with E-state index in [1.807, 2.05) is 0 Å². The Morgan fingerprint density at radius 1 is 1.14 bits per heavy atom. The van der Waals surface area contributed by atoms with Gasteiger partial charge in [-0.05, 0) is 25.2 Å². The first-order chi connectivity index (χ1) is 9.80. The summed E-state index contributed by atoms with van der Waals surface area (Å²) in [7, 11) is -1.55. The smallest absolute Gasteiger partial charge is 0.311 e. The number of hydrogen-bond acceptors (Lipinski definition) is 4. The maximum atomic E-state index is 12.1. The van der Waals surface area contributed by atoms with Gasteiger partial charge in [0.2, 0.25) is 0 Å². The zero-order valence-electron chi connectivity index (χ0n) is 12.7. The van der Waals surface area contributed by atoms with Gasteiger partial charge in [0, 0.05) is 19.1 Å². The minimum Gasteiger partial charge on any atom is -0.345 e. The summed E-state index contributed by atoms with van der Waals surface area (Å²) in [6, 6.07) is -0.326. The van der Waals surface area contributed by atoms with E-state index in [0.717, 1.165) is 19.3 Å². The molecule has 0 spiro atoms. The molecule has 0 aromatic rings. The molecule has 0 aromatic heterocycles. The van der Waals surface area contributed by atoms with Crippen molar-refractivity contribution in [2.45, 2.75) is 51.1 Å². The lowest BCUT2D eigenvalue weighted by atomic mass is 9.86. The topological polar surface area (TPSA) is 83.6 Å². The van der Waals surface area contributed by atoms with Gasteiger partial charge in [-0.2, -0.15) is 0 Å². The second-order valence-electron chi connectivity index (χ2n) is 6.31. The van der Waals surface area contributed by atoms with Crippen molar-refractivity contribution in [2.24, 2.45) is 5.92 Å². The average molecular weight is 316 g/mol. The van der Waals surface area contributed by atoms with E-state index in [2.05, 4.69) is 12.2 Å². The maximum Gasteiger partial charge on any atom is 0.311 e. The summed E-state index contributed by atoms with van der Waals surface area (Å²) < 4.78 is 22.9. The molecule has 1 aliphatic heterocycles. The summed E-state index contributed by atoms with van der Waals surface area (Å²) in [5.41, 5.74) is 0. The molecule has 120 valence electrons. The van der Waals surface area contributed by atoms with Gasteiger partial charge < -0.3 is 10.2 Å². The van der Waals surface area contributed by atoms with E-state index in [9.17, 15) is 18.0 Å². The van der Waals surface area contributed by atoms with Crippen LogP contribution in [0.2, 0.25) is 0 Å². The van der Waals surface area contributed by atoms with E-state index < -0.39 is 21.7 Å². The lowest BCUT2D eigenvalue weighted by molar-refractivity contribution is -0.146. The first-order valence-electron chi connectivity index (χ1n) is 7.58. The molecule has 3 atom stereocenters. The molecule has 2 amide bonds. The van der Waals surface area contributed by atoms with E-state index in [0.29, 0.717) is 12.3 Å². The number of rotatable bonds is 2. The largest absolute Gasteiger partial charge is 0.345 e. The van der Waals surface area contributed by atoms with Crippen molar-refractivity contribution in [3.63, 3.8) is 0 Å². The van der Waals surface area contributed by atoms with Gasteiger partial charge in [-0.3, -0.25) is 9.59 Å². The minimum atomic E-state index is -3.06. The monoisotopic (exact) mass is 316 g/mol. The summed E-state index contributed by atoms with van der Waals surface area (Å²) in [6.45, 7) is 2.09. The molecule has 1 heterocycles. The van der Waals surface area contributed by atoms with Crippen LogP contribution in [0, 0.1) is 5.92 Å². The van der Waals surface area contributed by atoms with Crippen molar-refractivity contribution in [3.05, 3.63) is 0 Å². The number of likely N-dealkylation sites (N-methyl/N-ethyl adjacent to an activating group) is 1. The molecule has 1 saturated carbocycles. The Morgan fingerprint density at radius 3 is 2.38 bits per heavy atom. The predicted molar refractivity (Wildman–Crippen MR) is 79.4 cm³/mol. The molecule has 21 heavy (non-hydrogen) atoms. The van der Waals surface area contributed by atoms with Crippen molar-refractivity contribution >= 4 is 21.7 Å². The third-order valence-corrected chi connectivity index (χ3v) is 6.45. The fraction of sp³-hybridized carbons (Fsp3) is 0.857. The third kappa shape index (κ3) is 3.96. The van der Waals surface area contributed by atoms with Gasteiger partial charge in [0.15, 0.2) is 9.84 Å². The first-order valence-corrected chi connectivity index (χ1v) is 9.40. The van der Waals surface area contributed by atoms with Crippen molar-refractivity contribution in [1.29, 1.82) is 0 Å². The fourth-order valence-electron chi connectivity index (χ4n) is 3.17. The number of nitrogens with one attached hydrogen (secondary N) is 1. The highest BCUT2D eigenvalue weighted by atomic mass is 32.2. The molecule has 2 aliphatic rings. The molecule has 3 unspecified atom stereocenters. The quantitative estimate of drug-likeness (QED) is 0.744. The number of hydrogen-bond donors (Lipinski definition) is 1. The Kier molecular flexibility index (Phi) is 4.91. The molecule has 1 N–H and O–H groups in total. The predicted octanol–water partition coefficient (Wildman–Crippen LogP) is 0.327. The molecule has 1 saturated heterocycles. The van der Waals surface area contributed by atoms with Crippen LogP contribution in [0.15, 0.2) is 0 Å². The van der Waals surface area contributed by atoms with E-state index in [4.69, 9.17) is 0 Å². The van der Waals surface area contributed by atoms with E-state index in [-0.39, 0.29) is 23.6 Å². The molecule has 1 aliphatic carbocycles. The lowest BCUT2D eigenvalue weighted by Gasteiger charge is -2.30. The van der Waals surface area contributed by atoms with Crippen molar-refractivity contribution < 1.29 is 18.0 Å². The van der Waals surface area contributed by atoms with Crippen LogP contribution in [0.5, 0.6) is 0 Å². The highest BCUT2D eigenvalue weighted by Gasteiger charge is 2.35. The fourth-order valence-corrected chi connectivity index (χ4v) is 4.94. The second kappa shape index (κ2) is 6.34. The van der Waals surface area contributed by atoms with Gasteiger partial charge in [-0.15, -0.1) is 0 Å². The molecule has 7 heteroatoms. The van der Waals surface area contributed by atoms with Crippen LogP contribution < -0.4 is 5.32 Å². The molecule has 0 radical (unpaired) electrons. The van der Waals surface area contributed by atoms with Crippen molar-refractivity contribution in [3.8, 4) is 0 Å². The van der Waals surface area contributed by atoms with Crippen LogP contribution in [0.3, 0.4) is 0 Å². The minimum absolute atomic E-state index is 0.0393. The summed E-state index contributed by atoms with van der Waals surface area (Å²) in [6.07, 6.45) is 4.62. The Balaban J connectivity index is 1.91. The normalized spacial score (nSPS) is 31.6. The Bertz CT molecular complexity index is 517. The highest BCUT2D eigenvalue weighted by molar-refractivity contribution is 7.91. The van der Waals surface area contributed by atoms with Gasteiger partial charge >= 0.3 is 11.8 Å². The van der Waals surface area contributed by atoms with Gasteiger partial charge in [0.1, 0.15) is 0 Å². The number of amides is 2. The molecule has 2 rings (SSSR count). The molecular formula is C14H24N2O4S. The molecule has 0 bridgehead atoms. The second-order valence-corrected chi connectivity index (χ2v) is 8.54. The van der Waals surface area contributed by atoms with Crippen LogP contribution >= 0.6 is 0 Å². The lowest BCUT2D eigenvalue weighted by Crippen LogP contribution is -2.50. The summed E-state index contributed by atoms with van der Waals surface area (Å²) in [4.78, 5) is 25.5. The average Bonchev–Trinajstić information content (AvgIpc) is 2.80. The summed E-state index contributed by atoms with van der Waals surface area (Å²) >= 11 is 0. The SMILES string of the molecule is CC1CCCCC1NC(=O)C(=O)N(C)C1CCS(=O)(=O)C1. The zero-order chi connectivity index (χ0) is 15.6. The number of carbonyl (C=O) groups is 2. The number of carbonyl (C=O) groups excluding carboxylic acids is 2. The Labute approximate surface area is 126 Å². The van der Waals surface area contributed by atoms with Crippen LogP contribution in [0.1, 0.15) is 39.0 Å². The molecule has 6 nitrogen and oxygen atoms in total. The number of nitrogens with zero attached hydrogens (tertiary/aromatic N) is 1. The highest BCUT2D eigenvalue weighted by Crippen LogP contribution is 2.24. The van der Waals surface area contributed by atoms with Gasteiger partial charge in [-0.25, -0.2) is 8.42 Å². The Morgan fingerprint density at radius 2 is 1.81 bits per heavy atom. The standard InChI is InChI=1S/C14H24N2O4S/c1-10-5-3-4-6-12(10)15-13(17)14(18)16(2)11-7-8-21(19,20)9-11/h10-12H,3-9H2,1-2H3,(H,15,17). The third-order valence-electron chi connectivity index (χ3n) is 4.70. The first kappa shape index (κ1) is 16.3. The van der Waals surface area contributed by atoms with Gasteiger partial charge in [0.05, 0.1) is 11.5 Å². The van der Waals surface area contributed by atoms with Gasteiger partial charge in [0.25, 0.3) is 0 Å². The number of sulfone groups is 1. The molecule has 2 fully saturated rings. The van der Waals surface area contributed by atoms with Crippen LogP contribution in [-0.2, 0) is 19.4 Å². The molecular weight excluding hydrogens is 292 g/mol. The van der Waals surface area contributed by atoms with E-state index >= 15 is 0 Å². The van der Waals surface area contributed by atoms with Crippen molar-refractivity contribution in [1.82, 2.24) is 10.2 Å². The van der Waals surface area contributed by atoms with Crippen LogP contribution in [-0.4, -0.2) is 55.8 Å². The maximum absolute atomic E-state index is 12.1. The molecule has 0 aromatic carbocycles. The Hall–Kier alpha value is -1.11. The van der Waals surface area contributed by atoms with E-state index in [1.54, 1.807) is 0 Å². The van der Waals surface area contributed by atoms with Crippen LogP contribution in [0.25, 0.3) is 0 Å². The van der Waals surface area contributed by atoms with Crippen molar-refractivity contribution in [2.75, 3.05) is 18.6 Å². The van der Waals surface area contributed by atoms with Crippen LogP contribution in [0.4, 0.5) is 0 Å². The zero-order valence-corrected chi connectivity index (χ0v) is 13.5. The summed E-state index contributed by atoms with van der Waals surface area (Å²) in [5, 5.41) is 2.81. The van der Waals surface area contributed by atoms with E-state index in [1.165, 1.54) is 18.4 Å².